The second-order valence-corrected chi connectivity index (χ2v) is 4.34. The Morgan fingerprint density at radius 1 is 1.30 bits per heavy atom. The van der Waals surface area contributed by atoms with Gasteiger partial charge in [-0.1, -0.05) is 12.1 Å². The Hall–Kier alpha value is -1.85. The summed E-state index contributed by atoms with van der Waals surface area (Å²) in [6.45, 7) is 4.83. The number of imidazole rings is 1. The summed E-state index contributed by atoms with van der Waals surface area (Å²) in [5, 5.41) is 3.26. The molecule has 0 radical (unpaired) electrons. The van der Waals surface area contributed by atoms with Gasteiger partial charge in [0.25, 0.3) is 0 Å². The van der Waals surface area contributed by atoms with Crippen molar-refractivity contribution in [3.8, 4) is 17.0 Å². The fourth-order valence-corrected chi connectivity index (χ4v) is 1.94. The molecule has 2 N–H and O–H groups in total. The van der Waals surface area contributed by atoms with Crippen LogP contribution in [0.15, 0.2) is 30.5 Å². The summed E-state index contributed by atoms with van der Waals surface area (Å²) >= 11 is 0. The summed E-state index contributed by atoms with van der Waals surface area (Å²) in [5.41, 5.74) is 2.00. The minimum absolute atomic E-state index is 0.649. The standard InChI is InChI=1S/C15H21N3O2/c1-3-20-14-7-5-4-6-12(14)13-10-17-15(18-13)11-16-8-9-19-2/h4-7,10,16H,3,8-9,11H2,1-2H3,(H,17,18). The number of benzene rings is 1. The van der Waals surface area contributed by atoms with Crippen molar-refractivity contribution in [3.05, 3.63) is 36.3 Å². The minimum Gasteiger partial charge on any atom is -0.493 e. The molecule has 2 rings (SSSR count). The van der Waals surface area contributed by atoms with E-state index in [0.717, 1.165) is 29.4 Å². The van der Waals surface area contributed by atoms with E-state index in [-0.39, 0.29) is 0 Å². The van der Waals surface area contributed by atoms with E-state index >= 15 is 0 Å². The maximum Gasteiger partial charge on any atom is 0.128 e. The van der Waals surface area contributed by atoms with Gasteiger partial charge in [-0.05, 0) is 19.1 Å². The number of nitrogens with zero attached hydrogens (tertiary/aromatic N) is 1. The Balaban J connectivity index is 2.04. The van der Waals surface area contributed by atoms with E-state index in [1.807, 2.05) is 37.4 Å². The van der Waals surface area contributed by atoms with Gasteiger partial charge in [0.2, 0.25) is 0 Å². The average Bonchev–Trinajstić information content (AvgIpc) is 2.93. The zero-order valence-corrected chi connectivity index (χ0v) is 12.0. The van der Waals surface area contributed by atoms with Crippen LogP contribution in [-0.2, 0) is 11.3 Å². The third-order valence-electron chi connectivity index (χ3n) is 2.88. The van der Waals surface area contributed by atoms with E-state index < -0.39 is 0 Å². The van der Waals surface area contributed by atoms with Crippen molar-refractivity contribution in [2.24, 2.45) is 0 Å². The van der Waals surface area contributed by atoms with Crippen LogP contribution in [0, 0.1) is 0 Å². The zero-order chi connectivity index (χ0) is 14.2. The highest BCUT2D eigenvalue weighted by molar-refractivity contribution is 5.66. The molecule has 1 heterocycles. The van der Waals surface area contributed by atoms with Crippen LogP contribution in [0.2, 0.25) is 0 Å². The number of para-hydroxylation sites is 1. The summed E-state index contributed by atoms with van der Waals surface area (Å²) in [4.78, 5) is 7.69. The first kappa shape index (κ1) is 14.6. The number of aromatic nitrogens is 2. The Labute approximate surface area is 119 Å². The molecule has 5 nitrogen and oxygen atoms in total. The number of nitrogens with one attached hydrogen (secondary N) is 2. The molecule has 0 aliphatic heterocycles. The lowest BCUT2D eigenvalue weighted by atomic mass is 10.1. The van der Waals surface area contributed by atoms with E-state index in [0.29, 0.717) is 19.8 Å². The van der Waals surface area contributed by atoms with Gasteiger partial charge in [-0.2, -0.15) is 0 Å². The number of H-pyrrole nitrogens is 1. The van der Waals surface area contributed by atoms with Gasteiger partial charge in [0.05, 0.1) is 31.6 Å². The van der Waals surface area contributed by atoms with E-state index in [9.17, 15) is 0 Å². The second-order valence-electron chi connectivity index (χ2n) is 4.34. The van der Waals surface area contributed by atoms with Crippen molar-refractivity contribution in [1.82, 2.24) is 15.3 Å². The smallest absolute Gasteiger partial charge is 0.128 e. The van der Waals surface area contributed by atoms with Crippen LogP contribution in [-0.4, -0.2) is 36.8 Å². The first-order valence-electron chi connectivity index (χ1n) is 6.81. The van der Waals surface area contributed by atoms with Crippen LogP contribution in [0.4, 0.5) is 0 Å². The van der Waals surface area contributed by atoms with Crippen LogP contribution < -0.4 is 10.1 Å². The Kier molecular flexibility index (Phi) is 5.58. The second kappa shape index (κ2) is 7.67. The molecule has 1 aromatic heterocycles. The topological polar surface area (TPSA) is 59.2 Å². The van der Waals surface area contributed by atoms with Crippen LogP contribution in [0.5, 0.6) is 5.75 Å². The van der Waals surface area contributed by atoms with Crippen molar-refractivity contribution < 1.29 is 9.47 Å². The molecule has 1 aromatic carbocycles. The van der Waals surface area contributed by atoms with Crippen LogP contribution in [0.25, 0.3) is 11.3 Å². The van der Waals surface area contributed by atoms with Gasteiger partial charge in [-0.15, -0.1) is 0 Å². The van der Waals surface area contributed by atoms with Crippen molar-refractivity contribution >= 4 is 0 Å². The molecule has 0 aliphatic rings. The van der Waals surface area contributed by atoms with Crippen molar-refractivity contribution in [2.75, 3.05) is 26.9 Å². The molecule has 0 spiro atoms. The van der Waals surface area contributed by atoms with E-state index in [2.05, 4.69) is 15.3 Å². The molecule has 5 heteroatoms. The molecular formula is C15H21N3O2. The SMILES string of the molecule is CCOc1ccccc1-c1cnc(CNCCOC)[nH]1. The number of rotatable bonds is 8. The first-order valence-corrected chi connectivity index (χ1v) is 6.81. The highest BCUT2D eigenvalue weighted by atomic mass is 16.5. The molecule has 0 unspecified atom stereocenters. The predicted molar refractivity (Wildman–Crippen MR) is 78.8 cm³/mol. The zero-order valence-electron chi connectivity index (χ0n) is 12.0. The number of aromatic amines is 1. The quantitative estimate of drug-likeness (QED) is 0.725. The molecule has 108 valence electrons. The lowest BCUT2D eigenvalue weighted by Gasteiger charge is -2.08. The maximum atomic E-state index is 5.63. The summed E-state index contributed by atoms with van der Waals surface area (Å²) in [7, 11) is 1.69. The molecule has 0 amide bonds. The summed E-state index contributed by atoms with van der Waals surface area (Å²) in [6.07, 6.45) is 1.84. The fourth-order valence-electron chi connectivity index (χ4n) is 1.94. The van der Waals surface area contributed by atoms with E-state index in [4.69, 9.17) is 9.47 Å². The molecule has 0 bridgehead atoms. The summed E-state index contributed by atoms with van der Waals surface area (Å²) in [5.74, 6) is 1.78. The van der Waals surface area contributed by atoms with Gasteiger partial charge in [-0.3, -0.25) is 0 Å². The van der Waals surface area contributed by atoms with Gasteiger partial charge in [0.1, 0.15) is 11.6 Å². The fraction of sp³-hybridized carbons (Fsp3) is 0.400. The lowest BCUT2D eigenvalue weighted by molar-refractivity contribution is 0.199. The van der Waals surface area contributed by atoms with Crippen LogP contribution in [0.1, 0.15) is 12.7 Å². The number of ether oxygens (including phenoxy) is 2. The van der Waals surface area contributed by atoms with Gasteiger partial charge in [-0.25, -0.2) is 4.98 Å². The Morgan fingerprint density at radius 3 is 2.95 bits per heavy atom. The molecule has 0 aliphatic carbocycles. The predicted octanol–water partition coefficient (Wildman–Crippen LogP) is 2.21. The van der Waals surface area contributed by atoms with Gasteiger partial charge >= 0.3 is 0 Å². The molecule has 0 saturated carbocycles. The molecule has 20 heavy (non-hydrogen) atoms. The summed E-state index contributed by atoms with van der Waals surface area (Å²) < 4.78 is 10.6. The van der Waals surface area contributed by atoms with Gasteiger partial charge in [0.15, 0.2) is 0 Å². The Bertz CT molecular complexity index is 525. The van der Waals surface area contributed by atoms with Crippen LogP contribution >= 0.6 is 0 Å². The normalized spacial score (nSPS) is 10.7. The van der Waals surface area contributed by atoms with Gasteiger partial charge in [0, 0.05) is 19.2 Å². The highest BCUT2D eigenvalue weighted by Gasteiger charge is 2.08. The number of hydrogen-bond acceptors (Lipinski definition) is 4. The summed E-state index contributed by atoms with van der Waals surface area (Å²) in [6, 6.07) is 7.96. The number of hydrogen-bond donors (Lipinski definition) is 2. The average molecular weight is 275 g/mol. The minimum atomic E-state index is 0.649. The van der Waals surface area contributed by atoms with Gasteiger partial charge < -0.3 is 19.8 Å². The number of methoxy groups -OCH3 is 1. The Morgan fingerprint density at radius 2 is 2.15 bits per heavy atom. The van der Waals surface area contributed by atoms with E-state index in [1.165, 1.54) is 0 Å². The third kappa shape index (κ3) is 3.82. The van der Waals surface area contributed by atoms with Crippen molar-refractivity contribution in [3.63, 3.8) is 0 Å². The maximum absolute atomic E-state index is 5.63. The van der Waals surface area contributed by atoms with Crippen LogP contribution in [0.3, 0.4) is 0 Å². The molecular weight excluding hydrogens is 254 g/mol. The monoisotopic (exact) mass is 275 g/mol. The molecule has 2 aromatic rings. The molecule has 0 saturated heterocycles. The van der Waals surface area contributed by atoms with Crippen molar-refractivity contribution in [2.45, 2.75) is 13.5 Å². The third-order valence-corrected chi connectivity index (χ3v) is 2.88. The van der Waals surface area contributed by atoms with Crippen molar-refractivity contribution in [1.29, 1.82) is 0 Å². The largest absolute Gasteiger partial charge is 0.493 e. The highest BCUT2D eigenvalue weighted by Crippen LogP contribution is 2.28. The van der Waals surface area contributed by atoms with E-state index in [1.54, 1.807) is 7.11 Å². The molecule has 0 fully saturated rings. The first-order chi connectivity index (χ1) is 9.85. The molecule has 0 atom stereocenters. The lowest BCUT2D eigenvalue weighted by Crippen LogP contribution is -2.19.